The second-order valence-corrected chi connectivity index (χ2v) is 13.9. The van der Waals surface area contributed by atoms with Crippen molar-refractivity contribution in [2.45, 2.75) is 55.4 Å². The van der Waals surface area contributed by atoms with Crippen LogP contribution >= 0.6 is 0 Å². The Morgan fingerprint density at radius 3 is 2.12 bits per heavy atom. The molecule has 250 valence electrons. The lowest BCUT2D eigenvalue weighted by Crippen LogP contribution is -2.33. The molecule has 3 amide bonds. The van der Waals surface area contributed by atoms with Crippen LogP contribution in [-0.4, -0.2) is 45.0 Å². The Morgan fingerprint density at radius 2 is 1.48 bits per heavy atom. The highest BCUT2D eigenvalue weighted by atomic mass is 32.2. The smallest absolute Gasteiger partial charge is 0.319 e. The molecular weight excluding hydrogens is 628 g/mol. The van der Waals surface area contributed by atoms with E-state index < -0.39 is 34.0 Å². The zero-order valence-corrected chi connectivity index (χ0v) is 27.6. The van der Waals surface area contributed by atoms with Gasteiger partial charge in [0.25, 0.3) is 15.9 Å². The van der Waals surface area contributed by atoms with Crippen LogP contribution in [0.4, 0.5) is 16.2 Å². The van der Waals surface area contributed by atoms with Crippen LogP contribution < -0.4 is 20.3 Å². The lowest BCUT2D eigenvalue weighted by molar-refractivity contribution is -0.136. The van der Waals surface area contributed by atoms with Gasteiger partial charge < -0.3 is 21.1 Å². The fourth-order valence-corrected chi connectivity index (χ4v) is 7.18. The minimum atomic E-state index is -3.89. The average molecular weight is 669 g/mol. The predicted molar refractivity (Wildman–Crippen MR) is 186 cm³/mol. The summed E-state index contributed by atoms with van der Waals surface area (Å²) >= 11 is 0. The molecule has 0 saturated heterocycles. The maximum atomic E-state index is 13.5. The molecule has 0 radical (unpaired) electrons. The van der Waals surface area contributed by atoms with Crippen LogP contribution in [0, 0.1) is 0 Å². The van der Waals surface area contributed by atoms with E-state index in [-0.39, 0.29) is 17.9 Å². The number of rotatable bonds is 12. The molecule has 0 heterocycles. The van der Waals surface area contributed by atoms with Gasteiger partial charge in [0.1, 0.15) is 0 Å². The van der Waals surface area contributed by atoms with E-state index in [2.05, 4.69) is 28.1 Å². The third-order valence-electron chi connectivity index (χ3n) is 8.62. The van der Waals surface area contributed by atoms with Crippen molar-refractivity contribution in [2.24, 2.45) is 0 Å². The minimum absolute atomic E-state index is 0.0126. The number of carboxylic acids is 1. The van der Waals surface area contributed by atoms with Crippen LogP contribution in [0.5, 0.6) is 0 Å². The van der Waals surface area contributed by atoms with E-state index in [0.29, 0.717) is 22.9 Å². The fraction of sp³-hybridized carbons (Fsp3) is 0.270. The Hall–Kier alpha value is -5.16. The number of anilines is 2. The summed E-state index contributed by atoms with van der Waals surface area (Å²) in [4.78, 5) is 36.8. The van der Waals surface area contributed by atoms with E-state index in [1.165, 1.54) is 48.3 Å². The first-order valence-corrected chi connectivity index (χ1v) is 17.5. The Morgan fingerprint density at radius 1 is 0.833 bits per heavy atom. The number of carbonyl (C=O) groups excluding carboxylic acids is 2. The summed E-state index contributed by atoms with van der Waals surface area (Å²) in [6.07, 6.45) is 5.85. The summed E-state index contributed by atoms with van der Waals surface area (Å²) < 4.78 is 27.9. The normalized spacial score (nSPS) is 14.0. The standard InChI is InChI=1S/C37H40N4O6S/c1-41(32-12-6-3-7-13-32)48(46,47)33-14-8-11-31(25-33)39-37(45)40-35(28-17-15-27(16-18-28)26-9-4-2-5-10-26)29-19-21-30(22-20-29)36(44)38-24-23-34(42)43/h3,6-8,11-22,25-26,35H,2,4-5,9-10,23-24H2,1H3,(H,38,44)(H,42,43)(H2,39,40,45). The number of benzene rings is 4. The van der Waals surface area contributed by atoms with Crippen LogP contribution in [0.15, 0.2) is 108 Å². The van der Waals surface area contributed by atoms with Gasteiger partial charge >= 0.3 is 12.0 Å². The van der Waals surface area contributed by atoms with E-state index in [1.54, 1.807) is 60.7 Å². The summed E-state index contributed by atoms with van der Waals surface area (Å²) in [5.41, 5.74) is 4.00. The highest BCUT2D eigenvalue weighted by molar-refractivity contribution is 7.92. The van der Waals surface area contributed by atoms with Gasteiger partial charge in [-0.3, -0.25) is 13.9 Å². The Bertz CT molecular complexity index is 1820. The molecule has 48 heavy (non-hydrogen) atoms. The third-order valence-corrected chi connectivity index (χ3v) is 10.4. The monoisotopic (exact) mass is 668 g/mol. The predicted octanol–water partition coefficient (Wildman–Crippen LogP) is 6.68. The van der Waals surface area contributed by atoms with Gasteiger partial charge in [-0.05, 0) is 77.9 Å². The summed E-state index contributed by atoms with van der Waals surface area (Å²) in [6, 6.07) is 28.7. The average Bonchev–Trinajstić information content (AvgIpc) is 3.11. The summed E-state index contributed by atoms with van der Waals surface area (Å²) in [5.74, 6) is -0.874. The Kier molecular flexibility index (Phi) is 11.1. The topological polar surface area (TPSA) is 145 Å². The molecule has 1 unspecified atom stereocenters. The van der Waals surface area contributed by atoms with Crippen LogP contribution in [0.3, 0.4) is 0 Å². The summed E-state index contributed by atoms with van der Waals surface area (Å²) in [5, 5.41) is 17.3. The molecule has 0 aliphatic heterocycles. The van der Waals surface area contributed by atoms with Gasteiger partial charge in [0.15, 0.2) is 0 Å². The number of sulfonamides is 1. The molecular formula is C37H40N4O6S. The SMILES string of the molecule is CN(c1ccccc1)S(=O)(=O)c1cccc(NC(=O)NC(c2ccc(C(=O)NCCC(=O)O)cc2)c2ccc(C3CCCCC3)cc2)c1. The molecule has 1 saturated carbocycles. The van der Waals surface area contributed by atoms with E-state index in [1.807, 2.05) is 18.2 Å². The molecule has 1 aliphatic rings. The van der Waals surface area contributed by atoms with Crippen molar-refractivity contribution < 1.29 is 27.9 Å². The molecule has 0 bridgehead atoms. The summed E-state index contributed by atoms with van der Waals surface area (Å²) in [6.45, 7) is 0.0126. The molecule has 0 spiro atoms. The highest BCUT2D eigenvalue weighted by Gasteiger charge is 2.23. The van der Waals surface area contributed by atoms with Crippen LogP contribution in [0.25, 0.3) is 0 Å². The number of amides is 3. The van der Waals surface area contributed by atoms with Gasteiger partial charge in [-0.2, -0.15) is 0 Å². The molecule has 4 N–H and O–H groups in total. The zero-order valence-electron chi connectivity index (χ0n) is 26.8. The van der Waals surface area contributed by atoms with Crippen molar-refractivity contribution in [1.82, 2.24) is 10.6 Å². The number of aliphatic carboxylic acids is 1. The minimum Gasteiger partial charge on any atom is -0.481 e. The number of carboxylic acid groups (broad SMARTS) is 1. The number of hydrogen-bond donors (Lipinski definition) is 4. The lowest BCUT2D eigenvalue weighted by Gasteiger charge is -2.24. The van der Waals surface area contributed by atoms with E-state index in [0.717, 1.165) is 24.0 Å². The van der Waals surface area contributed by atoms with Gasteiger partial charge in [-0.15, -0.1) is 0 Å². The second-order valence-electron chi connectivity index (χ2n) is 11.9. The molecule has 10 nitrogen and oxygen atoms in total. The second kappa shape index (κ2) is 15.6. The first-order chi connectivity index (χ1) is 23.1. The van der Waals surface area contributed by atoms with Gasteiger partial charge in [0.05, 0.1) is 23.0 Å². The van der Waals surface area contributed by atoms with Crippen molar-refractivity contribution in [3.63, 3.8) is 0 Å². The first kappa shape index (κ1) is 34.2. The van der Waals surface area contributed by atoms with Gasteiger partial charge in [-0.1, -0.05) is 79.9 Å². The Balaban J connectivity index is 1.35. The maximum Gasteiger partial charge on any atom is 0.319 e. The molecule has 1 atom stereocenters. The third kappa shape index (κ3) is 8.60. The van der Waals surface area contributed by atoms with Crippen LogP contribution in [0.2, 0.25) is 0 Å². The quantitative estimate of drug-likeness (QED) is 0.133. The molecule has 11 heteroatoms. The number of nitrogens with one attached hydrogen (secondary N) is 3. The molecule has 4 aromatic rings. The fourth-order valence-electron chi connectivity index (χ4n) is 5.94. The van der Waals surface area contributed by atoms with E-state index in [9.17, 15) is 22.8 Å². The van der Waals surface area contributed by atoms with E-state index in [4.69, 9.17) is 5.11 Å². The molecule has 5 rings (SSSR count). The lowest BCUT2D eigenvalue weighted by atomic mass is 9.83. The van der Waals surface area contributed by atoms with Gasteiger partial charge in [-0.25, -0.2) is 13.2 Å². The summed E-state index contributed by atoms with van der Waals surface area (Å²) in [7, 11) is -2.42. The molecule has 0 aromatic heterocycles. The number of urea groups is 1. The number of hydrogen-bond acceptors (Lipinski definition) is 5. The zero-order chi connectivity index (χ0) is 34.1. The van der Waals surface area contributed by atoms with Crippen LogP contribution in [0.1, 0.15) is 77.5 Å². The van der Waals surface area contributed by atoms with Gasteiger partial charge in [0.2, 0.25) is 0 Å². The van der Waals surface area contributed by atoms with Crippen LogP contribution in [-0.2, 0) is 14.8 Å². The van der Waals surface area contributed by atoms with Crippen molar-refractivity contribution in [3.05, 3.63) is 125 Å². The van der Waals surface area contributed by atoms with Crippen molar-refractivity contribution in [3.8, 4) is 0 Å². The molecule has 1 aliphatic carbocycles. The largest absolute Gasteiger partial charge is 0.481 e. The highest BCUT2D eigenvalue weighted by Crippen LogP contribution is 2.34. The Labute approximate surface area is 281 Å². The number of nitrogens with zero attached hydrogens (tertiary/aromatic N) is 1. The number of carbonyl (C=O) groups is 3. The van der Waals surface area contributed by atoms with E-state index >= 15 is 0 Å². The number of para-hydroxylation sites is 1. The molecule has 1 fully saturated rings. The molecule has 4 aromatic carbocycles. The van der Waals surface area contributed by atoms with Crippen molar-refractivity contribution in [1.29, 1.82) is 0 Å². The maximum absolute atomic E-state index is 13.5. The first-order valence-electron chi connectivity index (χ1n) is 16.0. The van der Waals surface area contributed by atoms with Crippen molar-refractivity contribution >= 4 is 39.3 Å². The van der Waals surface area contributed by atoms with Crippen molar-refractivity contribution in [2.75, 3.05) is 23.2 Å². The van der Waals surface area contributed by atoms with Gasteiger partial charge in [0, 0.05) is 24.8 Å².